The molecule has 0 bridgehead atoms. The number of rotatable bonds is 9. The fraction of sp³-hybridized carbons (Fsp3) is 0.296. The number of sulfonamides is 1. The molecule has 1 aliphatic heterocycles. The van der Waals surface area contributed by atoms with Gasteiger partial charge in [0.1, 0.15) is 23.4 Å². The summed E-state index contributed by atoms with van der Waals surface area (Å²) in [7, 11) is -3.87. The van der Waals surface area contributed by atoms with Crippen LogP contribution in [0.25, 0.3) is 11.0 Å². The van der Waals surface area contributed by atoms with Crippen LogP contribution in [0.4, 0.5) is 13.2 Å². The van der Waals surface area contributed by atoms with Crippen molar-refractivity contribution >= 4 is 38.6 Å². The Kier molecular flexibility index (Phi) is 7.70. The predicted molar refractivity (Wildman–Crippen MR) is 140 cm³/mol. The molecule has 204 valence electrons. The van der Waals surface area contributed by atoms with E-state index >= 15 is 0 Å². The van der Waals surface area contributed by atoms with Crippen molar-refractivity contribution < 1.29 is 31.1 Å². The quantitative estimate of drug-likeness (QED) is 0.257. The first-order chi connectivity index (χ1) is 18.6. The van der Waals surface area contributed by atoms with E-state index in [0.717, 1.165) is 29.4 Å². The lowest BCUT2D eigenvalue weighted by molar-refractivity contribution is -0.137. The maximum absolute atomic E-state index is 13.3. The van der Waals surface area contributed by atoms with Gasteiger partial charge in [0.2, 0.25) is 10.0 Å². The summed E-state index contributed by atoms with van der Waals surface area (Å²) in [5.74, 6) is 0.375. The number of Topliss-reactive ketones (excluding diaryl/α,β-unsaturated/α-hetero) is 1. The third-order valence-corrected chi connectivity index (χ3v) is 9.11. The van der Waals surface area contributed by atoms with E-state index in [1.165, 1.54) is 28.6 Å². The number of ether oxygens (including phenoxy) is 1. The van der Waals surface area contributed by atoms with Crippen LogP contribution in [0.15, 0.2) is 71.6 Å². The van der Waals surface area contributed by atoms with E-state index in [9.17, 15) is 26.4 Å². The highest BCUT2D eigenvalue weighted by Gasteiger charge is 2.39. The summed E-state index contributed by atoms with van der Waals surface area (Å²) in [4.78, 5) is 13.2. The molecule has 1 fully saturated rings. The number of alkyl halides is 3. The Morgan fingerprint density at radius 1 is 1.00 bits per heavy atom. The van der Waals surface area contributed by atoms with Gasteiger partial charge in [-0.15, -0.1) is 0 Å². The molecule has 39 heavy (non-hydrogen) atoms. The maximum Gasteiger partial charge on any atom is 0.416 e. The summed E-state index contributed by atoms with van der Waals surface area (Å²) in [6, 6.07) is 15.8. The molecule has 4 aromatic rings. The second-order valence-corrected chi connectivity index (χ2v) is 11.7. The highest BCUT2D eigenvalue weighted by atomic mass is 32.2. The molecular weight excluding hydrogens is 551 g/mol. The van der Waals surface area contributed by atoms with Crippen molar-refractivity contribution in [2.45, 2.75) is 49.4 Å². The van der Waals surface area contributed by atoms with Crippen LogP contribution in [0.1, 0.15) is 36.0 Å². The summed E-state index contributed by atoms with van der Waals surface area (Å²) >= 11 is 1.01. The van der Waals surface area contributed by atoms with E-state index in [-0.39, 0.29) is 30.3 Å². The molecule has 3 aromatic carbocycles. The molecule has 0 spiro atoms. The van der Waals surface area contributed by atoms with Gasteiger partial charge in [0.25, 0.3) is 0 Å². The van der Waals surface area contributed by atoms with Gasteiger partial charge in [-0.05, 0) is 72.9 Å². The molecule has 1 saturated heterocycles. The number of hydrogen-bond donors (Lipinski definition) is 0. The van der Waals surface area contributed by atoms with E-state index < -0.39 is 27.8 Å². The first kappa shape index (κ1) is 27.2. The van der Waals surface area contributed by atoms with Crippen molar-refractivity contribution in [1.29, 1.82) is 0 Å². The van der Waals surface area contributed by atoms with Crippen molar-refractivity contribution in [3.8, 4) is 5.75 Å². The van der Waals surface area contributed by atoms with Gasteiger partial charge in [-0.25, -0.2) is 8.42 Å². The molecule has 0 saturated carbocycles. The van der Waals surface area contributed by atoms with E-state index in [1.54, 1.807) is 24.3 Å². The number of hydrogen-bond acceptors (Lipinski definition) is 7. The highest BCUT2D eigenvalue weighted by Crippen LogP contribution is 2.30. The Balaban J connectivity index is 1.20. The Morgan fingerprint density at radius 3 is 2.54 bits per heavy atom. The van der Waals surface area contributed by atoms with Crippen LogP contribution in [0.5, 0.6) is 5.75 Å². The van der Waals surface area contributed by atoms with Gasteiger partial charge in [-0.1, -0.05) is 24.3 Å². The number of benzene rings is 3. The molecule has 0 radical (unpaired) electrons. The number of ketones is 1. The monoisotopic (exact) mass is 575 g/mol. The smallest absolute Gasteiger partial charge is 0.416 e. The van der Waals surface area contributed by atoms with Crippen LogP contribution in [0.3, 0.4) is 0 Å². The number of nitrogens with zero attached hydrogens (tertiary/aromatic N) is 3. The second kappa shape index (κ2) is 11.0. The van der Waals surface area contributed by atoms with Crippen LogP contribution in [-0.2, 0) is 34.0 Å². The molecule has 2 heterocycles. The lowest BCUT2D eigenvalue weighted by atomic mass is 10.0. The number of halogens is 3. The molecule has 0 unspecified atom stereocenters. The molecule has 0 N–H and O–H groups in total. The predicted octanol–water partition coefficient (Wildman–Crippen LogP) is 5.64. The van der Waals surface area contributed by atoms with E-state index in [1.807, 2.05) is 6.07 Å². The molecule has 5 rings (SSSR count). The van der Waals surface area contributed by atoms with Gasteiger partial charge < -0.3 is 4.74 Å². The van der Waals surface area contributed by atoms with Crippen molar-refractivity contribution in [3.63, 3.8) is 0 Å². The first-order valence-electron chi connectivity index (χ1n) is 12.3. The number of aromatic nitrogens is 2. The third-order valence-electron chi connectivity index (χ3n) is 6.65. The second-order valence-electron chi connectivity index (χ2n) is 9.29. The largest absolute Gasteiger partial charge is 0.489 e. The number of carbonyl (C=O) groups excluding carboxylic acids is 1. The van der Waals surface area contributed by atoms with Crippen LogP contribution in [-0.4, -0.2) is 39.8 Å². The number of aryl methyl sites for hydroxylation is 1. The fourth-order valence-electron chi connectivity index (χ4n) is 4.59. The lowest BCUT2D eigenvalue weighted by Crippen LogP contribution is -2.40. The van der Waals surface area contributed by atoms with E-state index in [0.29, 0.717) is 41.6 Å². The first-order valence-corrected chi connectivity index (χ1v) is 14.4. The average Bonchev–Trinajstić information content (AvgIpc) is 3.60. The number of carbonyl (C=O) groups is 1. The minimum Gasteiger partial charge on any atom is -0.489 e. The third kappa shape index (κ3) is 6.13. The van der Waals surface area contributed by atoms with Gasteiger partial charge in [-0.3, -0.25) is 4.79 Å². The molecule has 0 aliphatic carbocycles. The van der Waals surface area contributed by atoms with E-state index in [2.05, 4.69) is 8.75 Å². The number of fused-ring (bicyclic) bond motifs is 1. The summed E-state index contributed by atoms with van der Waals surface area (Å²) < 4.78 is 80.2. The Bertz CT molecular complexity index is 1590. The molecule has 0 amide bonds. The summed E-state index contributed by atoms with van der Waals surface area (Å²) in [5, 5.41) is 0. The fourth-order valence-corrected chi connectivity index (χ4v) is 6.81. The van der Waals surface area contributed by atoms with Gasteiger partial charge in [-0.2, -0.15) is 26.2 Å². The SMILES string of the molecule is O=C(CCc1cccc(OCc2ccc(C(F)(F)F)cc2)c1)[C@@H]1CCCN1S(=O)(=O)c1ccc2nsnc2c1. The zero-order valence-electron chi connectivity index (χ0n) is 20.6. The summed E-state index contributed by atoms with van der Waals surface area (Å²) in [6.07, 6.45) is -2.76. The van der Waals surface area contributed by atoms with Crippen molar-refractivity contribution in [1.82, 2.24) is 13.1 Å². The summed E-state index contributed by atoms with van der Waals surface area (Å²) in [5.41, 5.74) is 1.84. The van der Waals surface area contributed by atoms with Crippen LogP contribution >= 0.6 is 11.7 Å². The summed E-state index contributed by atoms with van der Waals surface area (Å²) in [6.45, 7) is 0.373. The Morgan fingerprint density at radius 2 is 1.77 bits per heavy atom. The maximum atomic E-state index is 13.3. The normalized spacial score (nSPS) is 16.5. The van der Waals surface area contributed by atoms with Crippen LogP contribution < -0.4 is 4.74 Å². The van der Waals surface area contributed by atoms with Crippen molar-refractivity contribution in [2.24, 2.45) is 0 Å². The molecule has 7 nitrogen and oxygen atoms in total. The highest BCUT2D eigenvalue weighted by molar-refractivity contribution is 7.89. The topological polar surface area (TPSA) is 89.5 Å². The molecule has 1 aromatic heterocycles. The minimum atomic E-state index is -4.39. The Hall–Kier alpha value is -3.35. The van der Waals surface area contributed by atoms with Gasteiger partial charge in [0.15, 0.2) is 5.78 Å². The Labute approximate surface area is 227 Å². The molecule has 1 atom stereocenters. The molecule has 12 heteroatoms. The van der Waals surface area contributed by atoms with Crippen molar-refractivity contribution in [2.75, 3.05) is 6.54 Å². The van der Waals surface area contributed by atoms with Crippen molar-refractivity contribution in [3.05, 3.63) is 83.4 Å². The zero-order chi connectivity index (χ0) is 27.6. The molecule has 1 aliphatic rings. The lowest BCUT2D eigenvalue weighted by Gasteiger charge is -2.23. The standard InChI is InChI=1S/C27H24F3N3O4S2/c28-27(29,30)20-9-6-19(7-10-20)17-37-21-4-1-3-18(15-21)8-13-26(34)25-5-2-14-33(25)39(35,36)22-11-12-23-24(16-22)32-38-31-23/h1,3-4,6-7,9-12,15-16,25H,2,5,8,13-14,17H2/t25-/m0/s1. The van der Waals surface area contributed by atoms with Gasteiger partial charge in [0, 0.05) is 13.0 Å². The average molecular weight is 576 g/mol. The minimum absolute atomic E-state index is 0.0954. The van der Waals surface area contributed by atoms with Crippen LogP contribution in [0, 0.1) is 0 Å². The van der Waals surface area contributed by atoms with Crippen LogP contribution in [0.2, 0.25) is 0 Å². The van der Waals surface area contributed by atoms with E-state index in [4.69, 9.17) is 4.74 Å². The molecular formula is C27H24F3N3O4S2. The van der Waals surface area contributed by atoms with Gasteiger partial charge >= 0.3 is 6.18 Å². The van der Waals surface area contributed by atoms with Gasteiger partial charge in [0.05, 0.1) is 28.2 Å². The zero-order valence-corrected chi connectivity index (χ0v) is 22.2.